The molecule has 0 bridgehead atoms. The molecule has 0 atom stereocenters. The summed E-state index contributed by atoms with van der Waals surface area (Å²) in [7, 11) is 0. The van der Waals surface area contributed by atoms with Crippen LogP contribution in [0.5, 0.6) is 5.75 Å². The normalized spacial score (nSPS) is 11.4. The van der Waals surface area contributed by atoms with E-state index < -0.39 is 0 Å². The van der Waals surface area contributed by atoms with Gasteiger partial charge in [-0.3, -0.25) is 4.79 Å². The highest BCUT2D eigenvalue weighted by Crippen LogP contribution is 2.27. The number of allylic oxidation sites excluding steroid dienone is 2. The highest BCUT2D eigenvalue weighted by Gasteiger charge is 2.09. The first kappa shape index (κ1) is 16.6. The average molecular weight is 335 g/mol. The molecule has 0 radical (unpaired) electrons. The summed E-state index contributed by atoms with van der Waals surface area (Å²) in [5.74, 6) is 0.665. The third-order valence-corrected chi connectivity index (χ3v) is 4.11. The fourth-order valence-corrected chi connectivity index (χ4v) is 2.62. The van der Waals surface area contributed by atoms with Crippen molar-refractivity contribution in [1.29, 1.82) is 0 Å². The maximum Gasteiger partial charge on any atom is 0.150 e. The van der Waals surface area contributed by atoms with Crippen LogP contribution in [0.1, 0.15) is 23.6 Å². The molecule has 2 rings (SSSR count). The van der Waals surface area contributed by atoms with Gasteiger partial charge in [0.15, 0.2) is 0 Å². The SMILES string of the molecule is C/C=C(/C=O)c1cc(OCc2c(Cl)cccc2Cl)ccc1C. The molecule has 4 heteroatoms. The molecular weight excluding hydrogens is 319 g/mol. The minimum absolute atomic E-state index is 0.271. The van der Waals surface area contributed by atoms with E-state index in [1.165, 1.54) is 0 Å². The average Bonchev–Trinajstić information content (AvgIpc) is 2.50. The lowest BCUT2D eigenvalue weighted by Gasteiger charge is -2.12. The predicted octanol–water partition coefficient (Wildman–Crippen LogP) is 5.48. The molecule has 2 nitrogen and oxygen atoms in total. The summed E-state index contributed by atoms with van der Waals surface area (Å²) >= 11 is 12.3. The number of halogens is 2. The number of carbonyl (C=O) groups is 1. The molecular formula is C18H16Cl2O2. The van der Waals surface area contributed by atoms with E-state index in [4.69, 9.17) is 27.9 Å². The highest BCUT2D eigenvalue weighted by atomic mass is 35.5. The van der Waals surface area contributed by atoms with Gasteiger partial charge in [0.05, 0.1) is 0 Å². The van der Waals surface area contributed by atoms with E-state index in [9.17, 15) is 4.79 Å². The topological polar surface area (TPSA) is 26.3 Å². The van der Waals surface area contributed by atoms with Gasteiger partial charge in [-0.2, -0.15) is 0 Å². The zero-order valence-electron chi connectivity index (χ0n) is 12.4. The standard InChI is InChI=1S/C18H16Cl2O2/c1-3-13(10-21)15-9-14(8-7-12(15)2)22-11-16-17(19)5-4-6-18(16)20/h3-10H,11H2,1-2H3/b13-3-. The van der Waals surface area contributed by atoms with E-state index in [-0.39, 0.29) is 6.61 Å². The minimum Gasteiger partial charge on any atom is -0.489 e. The summed E-state index contributed by atoms with van der Waals surface area (Å²) in [4.78, 5) is 11.1. The summed E-state index contributed by atoms with van der Waals surface area (Å²) in [6.45, 7) is 4.06. The van der Waals surface area contributed by atoms with Gasteiger partial charge in [-0.15, -0.1) is 0 Å². The minimum atomic E-state index is 0.271. The molecule has 0 saturated carbocycles. The number of ether oxygens (including phenoxy) is 1. The smallest absolute Gasteiger partial charge is 0.150 e. The highest BCUT2D eigenvalue weighted by molar-refractivity contribution is 6.35. The molecule has 0 N–H and O–H groups in total. The van der Waals surface area contributed by atoms with Crippen molar-refractivity contribution >= 4 is 35.1 Å². The molecule has 0 saturated heterocycles. The molecule has 0 aliphatic heterocycles. The first-order valence-electron chi connectivity index (χ1n) is 6.85. The molecule has 2 aromatic rings. The van der Waals surface area contributed by atoms with Crippen molar-refractivity contribution in [2.45, 2.75) is 20.5 Å². The zero-order chi connectivity index (χ0) is 16.1. The van der Waals surface area contributed by atoms with Gasteiger partial charge in [0.1, 0.15) is 18.6 Å². The Kier molecular flexibility index (Phi) is 5.64. The quantitative estimate of drug-likeness (QED) is 0.534. The lowest BCUT2D eigenvalue weighted by molar-refractivity contribution is -0.103. The van der Waals surface area contributed by atoms with Crippen LogP contribution in [0.15, 0.2) is 42.5 Å². The van der Waals surface area contributed by atoms with Crippen molar-refractivity contribution in [2.24, 2.45) is 0 Å². The van der Waals surface area contributed by atoms with Crippen LogP contribution in [-0.2, 0) is 11.4 Å². The van der Waals surface area contributed by atoms with Crippen LogP contribution < -0.4 is 4.74 Å². The maximum atomic E-state index is 11.1. The van der Waals surface area contributed by atoms with Crippen molar-refractivity contribution in [2.75, 3.05) is 0 Å². The first-order chi connectivity index (χ1) is 10.6. The van der Waals surface area contributed by atoms with Gasteiger partial charge in [0.25, 0.3) is 0 Å². The monoisotopic (exact) mass is 334 g/mol. The van der Waals surface area contributed by atoms with E-state index in [0.29, 0.717) is 21.4 Å². The number of aryl methyl sites for hydroxylation is 1. The molecule has 22 heavy (non-hydrogen) atoms. The Morgan fingerprint density at radius 1 is 1.18 bits per heavy atom. The molecule has 0 aromatic heterocycles. The molecule has 0 spiro atoms. The predicted molar refractivity (Wildman–Crippen MR) is 91.7 cm³/mol. The van der Waals surface area contributed by atoms with Gasteiger partial charge >= 0.3 is 0 Å². The van der Waals surface area contributed by atoms with Gasteiger partial charge in [-0.25, -0.2) is 0 Å². The first-order valence-corrected chi connectivity index (χ1v) is 7.60. The molecule has 114 valence electrons. The van der Waals surface area contributed by atoms with Gasteiger partial charge in [0.2, 0.25) is 0 Å². The van der Waals surface area contributed by atoms with Gasteiger partial charge in [-0.1, -0.05) is 41.4 Å². The molecule has 0 aliphatic rings. The summed E-state index contributed by atoms with van der Waals surface area (Å²) < 4.78 is 5.78. The summed E-state index contributed by atoms with van der Waals surface area (Å²) in [5.41, 5.74) is 3.26. The fraction of sp³-hybridized carbons (Fsp3) is 0.167. The molecule has 0 fully saturated rings. The van der Waals surface area contributed by atoms with Crippen LogP contribution >= 0.6 is 23.2 Å². The third-order valence-electron chi connectivity index (χ3n) is 3.40. The zero-order valence-corrected chi connectivity index (χ0v) is 13.9. The van der Waals surface area contributed by atoms with Crippen LogP contribution in [0.3, 0.4) is 0 Å². The number of hydrogen-bond donors (Lipinski definition) is 0. The Bertz CT molecular complexity index is 701. The third kappa shape index (κ3) is 3.70. The second kappa shape index (κ2) is 7.48. The Balaban J connectivity index is 2.24. The van der Waals surface area contributed by atoms with E-state index >= 15 is 0 Å². The largest absolute Gasteiger partial charge is 0.489 e. The van der Waals surface area contributed by atoms with Gasteiger partial charge in [0, 0.05) is 21.2 Å². The van der Waals surface area contributed by atoms with Crippen molar-refractivity contribution < 1.29 is 9.53 Å². The Morgan fingerprint density at radius 3 is 2.45 bits per heavy atom. The Morgan fingerprint density at radius 2 is 1.86 bits per heavy atom. The van der Waals surface area contributed by atoms with Crippen molar-refractivity contribution in [3.8, 4) is 5.75 Å². The van der Waals surface area contributed by atoms with Crippen molar-refractivity contribution in [1.82, 2.24) is 0 Å². The number of carbonyl (C=O) groups excluding carboxylic acids is 1. The van der Waals surface area contributed by atoms with Crippen molar-refractivity contribution in [3.05, 3.63) is 69.2 Å². The van der Waals surface area contributed by atoms with Crippen LogP contribution in [0.4, 0.5) is 0 Å². The lowest BCUT2D eigenvalue weighted by atomic mass is 10.0. The lowest BCUT2D eigenvalue weighted by Crippen LogP contribution is -1.99. The van der Waals surface area contributed by atoms with E-state index in [2.05, 4.69) is 0 Å². The molecule has 0 aliphatic carbocycles. The van der Waals surface area contributed by atoms with Crippen molar-refractivity contribution in [3.63, 3.8) is 0 Å². The van der Waals surface area contributed by atoms with E-state index in [1.807, 2.05) is 32.0 Å². The number of hydrogen-bond acceptors (Lipinski definition) is 2. The van der Waals surface area contributed by atoms with Gasteiger partial charge < -0.3 is 4.74 Å². The Hall–Kier alpha value is -1.77. The summed E-state index contributed by atoms with van der Waals surface area (Å²) in [6.07, 6.45) is 2.63. The maximum absolute atomic E-state index is 11.1. The Labute approximate surface area is 140 Å². The van der Waals surface area contributed by atoms with E-state index in [0.717, 1.165) is 23.0 Å². The van der Waals surface area contributed by atoms with Crippen LogP contribution in [0.2, 0.25) is 10.0 Å². The molecule has 2 aromatic carbocycles. The second-order valence-electron chi connectivity index (χ2n) is 4.83. The fourth-order valence-electron chi connectivity index (χ4n) is 2.11. The number of benzene rings is 2. The van der Waals surface area contributed by atoms with Crippen LogP contribution in [0, 0.1) is 6.92 Å². The summed E-state index contributed by atoms with van der Waals surface area (Å²) in [6, 6.07) is 11.0. The number of rotatable bonds is 5. The molecule has 0 amide bonds. The molecule has 0 heterocycles. The van der Waals surface area contributed by atoms with Gasteiger partial charge in [-0.05, 0) is 49.2 Å². The van der Waals surface area contributed by atoms with Crippen LogP contribution in [-0.4, -0.2) is 6.29 Å². The summed E-state index contributed by atoms with van der Waals surface area (Å²) in [5, 5.41) is 1.14. The second-order valence-corrected chi connectivity index (χ2v) is 5.64. The number of aldehydes is 1. The van der Waals surface area contributed by atoms with Crippen LogP contribution in [0.25, 0.3) is 5.57 Å². The van der Waals surface area contributed by atoms with E-state index in [1.54, 1.807) is 24.3 Å². The molecule has 0 unspecified atom stereocenters.